The Balaban J connectivity index is 1.75. The van der Waals surface area contributed by atoms with Crippen molar-refractivity contribution in [2.24, 2.45) is 5.73 Å². The average Bonchev–Trinajstić information content (AvgIpc) is 3.02. The van der Waals surface area contributed by atoms with Crippen LogP contribution in [0.1, 0.15) is 10.8 Å². The largest absolute Gasteiger partial charge is 0.368 e. The quantitative estimate of drug-likeness (QED) is 0.655. The van der Waals surface area contributed by atoms with E-state index in [0.29, 0.717) is 15.2 Å². The Morgan fingerprint density at radius 2 is 1.83 bits per heavy atom. The topological polar surface area (TPSA) is 80.9 Å². The highest BCUT2D eigenvalue weighted by molar-refractivity contribution is 8.01. The molecule has 0 bridgehead atoms. The average molecular weight is 360 g/mol. The Morgan fingerprint density at radius 1 is 1.12 bits per heavy atom. The number of benzene rings is 2. The van der Waals surface area contributed by atoms with Crippen molar-refractivity contribution >= 4 is 39.8 Å². The molecule has 0 aliphatic carbocycles. The highest BCUT2D eigenvalue weighted by Gasteiger charge is 2.21. The monoisotopic (exact) mass is 360 g/mol. The number of aromatic nitrogens is 2. The van der Waals surface area contributed by atoms with Crippen LogP contribution in [0.4, 0.5) is 15.2 Å². The van der Waals surface area contributed by atoms with Crippen molar-refractivity contribution in [1.29, 1.82) is 0 Å². The van der Waals surface area contributed by atoms with Gasteiger partial charge in [0.25, 0.3) is 0 Å². The zero-order valence-corrected chi connectivity index (χ0v) is 14.0. The second kappa shape index (κ2) is 7.41. The first-order valence-corrected chi connectivity index (χ1v) is 8.69. The minimum atomic E-state index is -0.555. The first-order valence-electron chi connectivity index (χ1n) is 6.99. The summed E-state index contributed by atoms with van der Waals surface area (Å²) in [6, 6.07) is 15.5. The van der Waals surface area contributed by atoms with Crippen LogP contribution in [-0.2, 0) is 4.79 Å². The fourth-order valence-electron chi connectivity index (χ4n) is 2.00. The maximum atomic E-state index is 13.6. The molecule has 0 aliphatic rings. The third-order valence-corrected chi connectivity index (χ3v) is 5.30. The van der Waals surface area contributed by atoms with Crippen molar-refractivity contribution in [2.45, 2.75) is 9.59 Å². The standard InChI is InChI=1S/C16H13FN4OS2/c17-11-8-4-5-9-12(11)19-15-20-21-16(24-15)23-13(14(18)22)10-6-2-1-3-7-10/h1-9,13H,(H2,18,22)(H,19,20)/t13-/m1/s1. The van der Waals surface area contributed by atoms with Crippen molar-refractivity contribution in [3.05, 3.63) is 66.0 Å². The van der Waals surface area contributed by atoms with E-state index in [0.717, 1.165) is 5.56 Å². The predicted molar refractivity (Wildman–Crippen MR) is 93.8 cm³/mol. The van der Waals surface area contributed by atoms with Gasteiger partial charge in [0.1, 0.15) is 11.1 Å². The number of nitrogens with two attached hydrogens (primary N) is 1. The van der Waals surface area contributed by atoms with Gasteiger partial charge in [0.2, 0.25) is 11.0 Å². The van der Waals surface area contributed by atoms with Gasteiger partial charge >= 0.3 is 0 Å². The molecule has 2 aromatic carbocycles. The van der Waals surface area contributed by atoms with Gasteiger partial charge in [-0.3, -0.25) is 4.79 Å². The van der Waals surface area contributed by atoms with Gasteiger partial charge in [-0.1, -0.05) is 65.6 Å². The van der Waals surface area contributed by atoms with Crippen molar-refractivity contribution in [2.75, 3.05) is 5.32 Å². The molecule has 8 heteroatoms. The first-order chi connectivity index (χ1) is 11.6. The van der Waals surface area contributed by atoms with Gasteiger partial charge in [0, 0.05) is 0 Å². The number of hydrogen-bond acceptors (Lipinski definition) is 6. The van der Waals surface area contributed by atoms with Crippen molar-refractivity contribution in [1.82, 2.24) is 10.2 Å². The van der Waals surface area contributed by atoms with E-state index in [1.54, 1.807) is 18.2 Å². The van der Waals surface area contributed by atoms with Crippen LogP contribution in [0.5, 0.6) is 0 Å². The Kier molecular flexibility index (Phi) is 5.07. The molecule has 0 fully saturated rings. The molecule has 0 aliphatic heterocycles. The highest BCUT2D eigenvalue weighted by atomic mass is 32.2. The van der Waals surface area contributed by atoms with E-state index in [2.05, 4.69) is 15.5 Å². The summed E-state index contributed by atoms with van der Waals surface area (Å²) < 4.78 is 14.2. The Morgan fingerprint density at radius 3 is 2.54 bits per heavy atom. The number of halogens is 1. The maximum absolute atomic E-state index is 13.6. The first kappa shape index (κ1) is 16.4. The van der Waals surface area contributed by atoms with Crippen LogP contribution in [0, 0.1) is 5.82 Å². The normalized spacial score (nSPS) is 11.9. The van der Waals surface area contributed by atoms with Gasteiger partial charge in [0.05, 0.1) is 5.69 Å². The fourth-order valence-corrected chi connectivity index (χ4v) is 3.91. The molecule has 24 heavy (non-hydrogen) atoms. The van der Waals surface area contributed by atoms with Crippen molar-refractivity contribution in [3.63, 3.8) is 0 Å². The number of nitrogens with one attached hydrogen (secondary N) is 1. The molecule has 1 aromatic heterocycles. The van der Waals surface area contributed by atoms with Crippen LogP contribution in [0.3, 0.4) is 0 Å². The molecule has 0 saturated carbocycles. The van der Waals surface area contributed by atoms with E-state index in [1.165, 1.54) is 29.2 Å². The summed E-state index contributed by atoms with van der Waals surface area (Å²) in [7, 11) is 0. The van der Waals surface area contributed by atoms with Gasteiger partial charge < -0.3 is 11.1 Å². The van der Waals surface area contributed by atoms with Gasteiger partial charge in [-0.25, -0.2) is 4.39 Å². The summed E-state index contributed by atoms with van der Waals surface area (Å²) in [5, 5.41) is 10.8. The van der Waals surface area contributed by atoms with Crippen LogP contribution in [0.2, 0.25) is 0 Å². The molecule has 0 spiro atoms. The molecule has 0 saturated heterocycles. The number of rotatable bonds is 6. The third-order valence-electron chi connectivity index (χ3n) is 3.10. The van der Waals surface area contributed by atoms with Gasteiger partial charge in [-0.15, -0.1) is 10.2 Å². The molecule has 3 aromatic rings. The lowest BCUT2D eigenvalue weighted by atomic mass is 10.1. The zero-order chi connectivity index (χ0) is 16.9. The number of thioether (sulfide) groups is 1. The third kappa shape index (κ3) is 3.90. The van der Waals surface area contributed by atoms with Crippen LogP contribution in [0.15, 0.2) is 58.9 Å². The smallest absolute Gasteiger partial charge is 0.235 e. The molecule has 1 amide bonds. The molecule has 122 valence electrons. The van der Waals surface area contributed by atoms with Crippen LogP contribution >= 0.6 is 23.1 Å². The van der Waals surface area contributed by atoms with Crippen molar-refractivity contribution in [3.8, 4) is 0 Å². The summed E-state index contributed by atoms with van der Waals surface area (Å²) in [6.07, 6.45) is 0. The molecule has 1 atom stereocenters. The second-order valence-corrected chi connectivity index (χ2v) is 7.12. The van der Waals surface area contributed by atoms with E-state index < -0.39 is 11.2 Å². The van der Waals surface area contributed by atoms with E-state index in [-0.39, 0.29) is 5.82 Å². The maximum Gasteiger partial charge on any atom is 0.235 e. The van der Waals surface area contributed by atoms with Crippen LogP contribution in [-0.4, -0.2) is 16.1 Å². The summed E-state index contributed by atoms with van der Waals surface area (Å²) in [4.78, 5) is 11.7. The number of hydrogen-bond donors (Lipinski definition) is 2. The minimum Gasteiger partial charge on any atom is -0.368 e. The summed E-state index contributed by atoms with van der Waals surface area (Å²) in [6.45, 7) is 0. The van der Waals surface area contributed by atoms with Crippen LogP contribution < -0.4 is 11.1 Å². The fraction of sp³-hybridized carbons (Fsp3) is 0.0625. The lowest BCUT2D eigenvalue weighted by molar-refractivity contribution is -0.117. The predicted octanol–water partition coefficient (Wildman–Crippen LogP) is 3.74. The summed E-state index contributed by atoms with van der Waals surface area (Å²) >= 11 is 2.45. The van der Waals surface area contributed by atoms with E-state index in [4.69, 9.17) is 5.73 Å². The number of nitrogens with zero attached hydrogens (tertiary/aromatic N) is 2. The molecular weight excluding hydrogens is 347 g/mol. The molecule has 0 radical (unpaired) electrons. The highest BCUT2D eigenvalue weighted by Crippen LogP contribution is 2.38. The number of carbonyl (C=O) groups is 1. The minimum absolute atomic E-state index is 0.319. The Bertz CT molecular complexity index is 841. The number of amides is 1. The number of para-hydroxylation sites is 1. The molecule has 3 N–H and O–H groups in total. The molecule has 5 nitrogen and oxygen atoms in total. The SMILES string of the molecule is NC(=O)[C@H](Sc1nnc(Nc2ccccc2F)s1)c1ccccc1. The number of primary amides is 1. The van der Waals surface area contributed by atoms with Gasteiger partial charge in [-0.2, -0.15) is 0 Å². The molecular formula is C16H13FN4OS2. The second-order valence-electron chi connectivity index (χ2n) is 4.79. The lowest BCUT2D eigenvalue weighted by Crippen LogP contribution is -2.18. The van der Waals surface area contributed by atoms with E-state index in [1.807, 2.05) is 30.3 Å². The van der Waals surface area contributed by atoms with Crippen molar-refractivity contribution < 1.29 is 9.18 Å². The summed E-state index contributed by atoms with van der Waals surface area (Å²) in [5.41, 5.74) is 6.62. The van der Waals surface area contributed by atoms with Gasteiger partial charge in [-0.05, 0) is 17.7 Å². The van der Waals surface area contributed by atoms with E-state index >= 15 is 0 Å². The lowest BCUT2D eigenvalue weighted by Gasteiger charge is -2.10. The summed E-state index contributed by atoms with van der Waals surface area (Å²) in [5.74, 6) is -0.828. The van der Waals surface area contributed by atoms with Gasteiger partial charge in [0.15, 0.2) is 4.34 Å². The van der Waals surface area contributed by atoms with Crippen LogP contribution in [0.25, 0.3) is 0 Å². The number of anilines is 2. The molecule has 0 unspecified atom stereocenters. The Hall–Kier alpha value is -2.45. The molecule has 1 heterocycles. The number of carbonyl (C=O) groups excluding carboxylic acids is 1. The zero-order valence-electron chi connectivity index (χ0n) is 12.3. The van der Waals surface area contributed by atoms with E-state index in [9.17, 15) is 9.18 Å². The Labute approximate surface area is 146 Å². The molecule has 3 rings (SSSR count).